The van der Waals surface area contributed by atoms with Gasteiger partial charge in [0.05, 0.1) is 11.4 Å². The lowest BCUT2D eigenvalue weighted by molar-refractivity contribution is -0.750. The molecule has 2 aromatic rings. The summed E-state index contributed by atoms with van der Waals surface area (Å²) in [4.78, 5) is 4.37. The largest absolute Gasteiger partial charge is 0.748 e. The minimum absolute atomic E-state index is 0.0480. The Balaban J connectivity index is 2.19. The van der Waals surface area contributed by atoms with Gasteiger partial charge in [-0.1, -0.05) is 10.7 Å². The number of nitrogens with zero attached hydrogens (tertiary/aromatic N) is 3. The van der Waals surface area contributed by atoms with Crippen LogP contribution in [-0.2, 0) is 16.7 Å². The average molecular weight is 293 g/mol. The highest BCUT2D eigenvalue weighted by Crippen LogP contribution is 2.19. The molecule has 0 N–H and O–H groups in total. The van der Waals surface area contributed by atoms with Gasteiger partial charge in [-0.2, -0.15) is 0 Å². The van der Waals surface area contributed by atoms with Crippen molar-refractivity contribution in [1.82, 2.24) is 10.1 Å². The van der Waals surface area contributed by atoms with Crippen molar-refractivity contribution in [3.8, 4) is 11.3 Å². The molecule has 106 valence electrons. The molecule has 2 heterocycles. The Bertz CT molecular complexity index is 712. The first-order valence-corrected chi connectivity index (χ1v) is 7.66. The Morgan fingerprint density at radius 3 is 2.60 bits per heavy atom. The smallest absolute Gasteiger partial charge is 0.197 e. The molecular weight excluding hydrogens is 278 g/mol. The van der Waals surface area contributed by atoms with Gasteiger partial charge in [-0.3, -0.25) is 4.98 Å². The molecule has 0 radical (unpaired) electrons. The molecule has 0 unspecified atom stereocenters. The van der Waals surface area contributed by atoms with Crippen LogP contribution in [0.25, 0.3) is 11.3 Å². The van der Waals surface area contributed by atoms with Crippen LogP contribution in [0.5, 0.6) is 0 Å². The summed E-state index contributed by atoms with van der Waals surface area (Å²) in [7, 11) is -4.22. The van der Waals surface area contributed by atoms with E-state index in [1.165, 1.54) is 4.68 Å². The van der Waals surface area contributed by atoms with Gasteiger partial charge in [-0.05, 0) is 30.1 Å². The molecule has 0 aliphatic carbocycles. The van der Waals surface area contributed by atoms with Gasteiger partial charge in [-0.25, -0.2) is 8.42 Å². The quantitative estimate of drug-likeness (QED) is 0.608. The Labute approximate surface area is 117 Å². The molecule has 0 spiro atoms. The van der Waals surface area contributed by atoms with Crippen LogP contribution < -0.4 is 4.68 Å². The fourth-order valence-electron chi connectivity index (χ4n) is 1.88. The highest BCUT2D eigenvalue weighted by Gasteiger charge is 2.09. The second-order valence-corrected chi connectivity index (χ2v) is 6.14. The molecule has 0 atom stereocenters. The number of hydrogen-bond acceptors (Lipinski definition) is 5. The van der Waals surface area contributed by atoms with Crippen LogP contribution in [0.4, 0.5) is 0 Å². The van der Waals surface area contributed by atoms with Crippen LogP contribution in [0.1, 0.15) is 11.1 Å². The standard InChI is InChI=1S/C13H15N3O3S/c1-10-7-11(2)13(14-8-10)12-3-4-16(15-9-12)5-6-20(17,18)19/h3-4,7-9H,5-6H2,1-2H3. The normalized spacial score (nSPS) is 11.6. The third-order valence-corrected chi connectivity index (χ3v) is 3.51. The van der Waals surface area contributed by atoms with Crippen molar-refractivity contribution >= 4 is 10.1 Å². The summed E-state index contributed by atoms with van der Waals surface area (Å²) in [6.07, 6.45) is 5.04. The van der Waals surface area contributed by atoms with Crippen LogP contribution in [0.2, 0.25) is 0 Å². The van der Waals surface area contributed by atoms with Crippen molar-refractivity contribution in [2.75, 3.05) is 5.75 Å². The van der Waals surface area contributed by atoms with E-state index in [0.29, 0.717) is 0 Å². The van der Waals surface area contributed by atoms with Crippen LogP contribution in [0.15, 0.2) is 30.7 Å². The van der Waals surface area contributed by atoms with E-state index >= 15 is 0 Å². The van der Waals surface area contributed by atoms with Gasteiger partial charge >= 0.3 is 0 Å². The molecule has 0 bridgehead atoms. The fraction of sp³-hybridized carbons (Fsp3) is 0.308. The van der Waals surface area contributed by atoms with Crippen molar-refractivity contribution in [3.05, 3.63) is 41.9 Å². The lowest BCUT2D eigenvalue weighted by atomic mass is 10.1. The molecule has 2 rings (SSSR count). The van der Waals surface area contributed by atoms with E-state index in [-0.39, 0.29) is 6.54 Å². The zero-order valence-electron chi connectivity index (χ0n) is 11.3. The highest BCUT2D eigenvalue weighted by molar-refractivity contribution is 7.85. The van der Waals surface area contributed by atoms with E-state index in [2.05, 4.69) is 10.1 Å². The molecule has 7 heteroatoms. The second-order valence-electron chi connectivity index (χ2n) is 4.62. The molecule has 0 saturated heterocycles. The molecule has 0 aliphatic rings. The second kappa shape index (κ2) is 5.64. The Morgan fingerprint density at radius 1 is 1.30 bits per heavy atom. The van der Waals surface area contributed by atoms with E-state index in [4.69, 9.17) is 0 Å². The van der Waals surface area contributed by atoms with Gasteiger partial charge in [-0.15, -0.1) is 0 Å². The van der Waals surface area contributed by atoms with Gasteiger partial charge in [0.2, 0.25) is 0 Å². The molecule has 0 aromatic carbocycles. The number of rotatable bonds is 4. The van der Waals surface area contributed by atoms with Crippen LogP contribution in [0, 0.1) is 13.8 Å². The molecule has 2 aromatic heterocycles. The topological polar surface area (TPSA) is 86.9 Å². The molecule has 0 amide bonds. The maximum atomic E-state index is 10.6. The Hall–Kier alpha value is -1.86. The van der Waals surface area contributed by atoms with E-state index in [1.54, 1.807) is 24.7 Å². The lowest BCUT2D eigenvalue weighted by Gasteiger charge is -2.05. The maximum absolute atomic E-state index is 10.6. The lowest BCUT2D eigenvalue weighted by Crippen LogP contribution is -2.40. The van der Waals surface area contributed by atoms with Crippen molar-refractivity contribution < 1.29 is 17.7 Å². The van der Waals surface area contributed by atoms with Gasteiger partial charge < -0.3 is 4.55 Å². The van der Waals surface area contributed by atoms with Crippen molar-refractivity contribution in [2.45, 2.75) is 20.4 Å². The molecule has 0 aliphatic heterocycles. The number of pyridine rings is 1. The van der Waals surface area contributed by atoms with Crippen LogP contribution >= 0.6 is 0 Å². The van der Waals surface area contributed by atoms with E-state index in [0.717, 1.165) is 22.4 Å². The SMILES string of the molecule is Cc1cnc(-c2cc[n+](CCS(=O)(=O)[O-])nc2)c(C)c1. The van der Waals surface area contributed by atoms with Crippen molar-refractivity contribution in [1.29, 1.82) is 0 Å². The summed E-state index contributed by atoms with van der Waals surface area (Å²) in [5.74, 6) is -0.466. The first-order valence-electron chi connectivity index (χ1n) is 6.08. The molecule has 0 saturated carbocycles. The molecule has 20 heavy (non-hydrogen) atoms. The highest BCUT2D eigenvalue weighted by atomic mass is 32.2. The first kappa shape index (κ1) is 14.5. The average Bonchev–Trinajstić information content (AvgIpc) is 2.36. The van der Waals surface area contributed by atoms with E-state index in [9.17, 15) is 13.0 Å². The first-order chi connectivity index (χ1) is 9.35. The van der Waals surface area contributed by atoms with Gasteiger partial charge in [0, 0.05) is 17.8 Å². The van der Waals surface area contributed by atoms with Crippen LogP contribution in [0.3, 0.4) is 0 Å². The summed E-state index contributed by atoms with van der Waals surface area (Å²) in [5, 5.41) is 4.10. The molecular formula is C13H15N3O3S. The predicted molar refractivity (Wildman–Crippen MR) is 71.7 cm³/mol. The van der Waals surface area contributed by atoms with E-state index < -0.39 is 15.9 Å². The van der Waals surface area contributed by atoms with Gasteiger partial charge in [0.1, 0.15) is 16.3 Å². The number of aryl methyl sites for hydroxylation is 3. The maximum Gasteiger partial charge on any atom is 0.197 e. The summed E-state index contributed by atoms with van der Waals surface area (Å²) in [6.45, 7) is 4.00. The zero-order valence-corrected chi connectivity index (χ0v) is 12.1. The Morgan fingerprint density at radius 2 is 2.05 bits per heavy atom. The van der Waals surface area contributed by atoms with Gasteiger partial charge in [0.15, 0.2) is 12.7 Å². The zero-order chi connectivity index (χ0) is 14.8. The third-order valence-electron chi connectivity index (χ3n) is 2.83. The Kier molecular flexibility index (Phi) is 4.10. The minimum atomic E-state index is -4.22. The van der Waals surface area contributed by atoms with Crippen molar-refractivity contribution in [2.24, 2.45) is 0 Å². The predicted octanol–water partition coefficient (Wildman–Crippen LogP) is 0.593. The van der Waals surface area contributed by atoms with Crippen LogP contribution in [-0.4, -0.2) is 28.8 Å². The molecule has 0 fully saturated rings. The summed E-state index contributed by atoms with van der Waals surface area (Å²) in [6, 6.07) is 3.84. The number of aromatic nitrogens is 3. The minimum Gasteiger partial charge on any atom is -0.748 e. The summed E-state index contributed by atoms with van der Waals surface area (Å²) in [5.41, 5.74) is 3.83. The number of hydrogen-bond donors (Lipinski definition) is 0. The summed E-state index contributed by atoms with van der Waals surface area (Å²) < 4.78 is 33.1. The van der Waals surface area contributed by atoms with Gasteiger partial charge in [0.25, 0.3) is 0 Å². The van der Waals surface area contributed by atoms with E-state index in [1.807, 2.05) is 19.9 Å². The third kappa shape index (κ3) is 3.82. The van der Waals surface area contributed by atoms with Crippen molar-refractivity contribution in [3.63, 3.8) is 0 Å². The molecule has 6 nitrogen and oxygen atoms in total. The summed E-state index contributed by atoms with van der Waals surface area (Å²) >= 11 is 0. The monoisotopic (exact) mass is 293 g/mol. The fourth-order valence-corrected chi connectivity index (χ4v) is 2.29.